The molecule has 11 nitrogen and oxygen atoms in total. The first-order valence-corrected chi connectivity index (χ1v) is 11.4. The van der Waals surface area contributed by atoms with Gasteiger partial charge in [0.25, 0.3) is 5.91 Å². The number of carbonyl (C=O) groups is 4. The highest BCUT2D eigenvalue weighted by atomic mass is 16.4. The third kappa shape index (κ3) is 7.55. The topological polar surface area (TPSA) is 154 Å². The first-order valence-electron chi connectivity index (χ1n) is 11.4. The Hall–Kier alpha value is -3.47. The van der Waals surface area contributed by atoms with E-state index in [1.807, 2.05) is 35.9 Å². The summed E-state index contributed by atoms with van der Waals surface area (Å²) in [5.74, 6) is -3.65. The van der Waals surface area contributed by atoms with Gasteiger partial charge in [0, 0.05) is 50.1 Å². The zero-order valence-corrected chi connectivity index (χ0v) is 19.8. The highest BCUT2D eigenvalue weighted by Crippen LogP contribution is 2.21. The molecule has 34 heavy (non-hydrogen) atoms. The Bertz CT molecular complexity index is 998. The van der Waals surface area contributed by atoms with E-state index >= 15 is 0 Å². The summed E-state index contributed by atoms with van der Waals surface area (Å²) in [6, 6.07) is 8.33. The maximum absolute atomic E-state index is 12.7. The van der Waals surface area contributed by atoms with Gasteiger partial charge in [-0.2, -0.15) is 5.10 Å². The van der Waals surface area contributed by atoms with Gasteiger partial charge in [-0.15, -0.1) is 0 Å². The predicted octanol–water partition coefficient (Wildman–Crippen LogP) is 1.49. The van der Waals surface area contributed by atoms with Crippen LogP contribution in [0.15, 0.2) is 24.3 Å². The van der Waals surface area contributed by atoms with E-state index in [1.165, 1.54) is 0 Å². The summed E-state index contributed by atoms with van der Waals surface area (Å²) >= 11 is 0. The van der Waals surface area contributed by atoms with Crippen LogP contribution in [0.1, 0.15) is 56.6 Å². The molecule has 0 radical (unpaired) electrons. The van der Waals surface area contributed by atoms with Crippen molar-refractivity contribution in [3.8, 4) is 0 Å². The van der Waals surface area contributed by atoms with Crippen LogP contribution >= 0.6 is 0 Å². The number of carboxylic acid groups (broad SMARTS) is 2. The van der Waals surface area contributed by atoms with Gasteiger partial charge >= 0.3 is 11.9 Å². The molecule has 186 valence electrons. The van der Waals surface area contributed by atoms with Crippen molar-refractivity contribution in [3.05, 3.63) is 30.0 Å². The highest BCUT2D eigenvalue weighted by Gasteiger charge is 2.21. The first kappa shape index (κ1) is 26.8. The molecule has 1 saturated heterocycles. The molecule has 0 unspecified atom stereocenters. The van der Waals surface area contributed by atoms with Gasteiger partial charge in [0.1, 0.15) is 0 Å². The molecule has 2 amide bonds. The van der Waals surface area contributed by atoms with Crippen molar-refractivity contribution in [2.75, 3.05) is 26.2 Å². The van der Waals surface area contributed by atoms with Gasteiger partial charge in [-0.25, -0.2) is 9.59 Å². The summed E-state index contributed by atoms with van der Waals surface area (Å²) in [4.78, 5) is 44.7. The number of piperidine rings is 1. The zero-order valence-electron chi connectivity index (χ0n) is 19.8. The second-order valence-corrected chi connectivity index (χ2v) is 8.31. The number of nitrogens with one attached hydrogen (secondary N) is 2. The molecule has 0 spiro atoms. The first-order chi connectivity index (χ1) is 16.1. The van der Waals surface area contributed by atoms with Crippen LogP contribution in [-0.2, 0) is 14.4 Å². The van der Waals surface area contributed by atoms with Crippen molar-refractivity contribution in [3.63, 3.8) is 0 Å². The van der Waals surface area contributed by atoms with Gasteiger partial charge in [0.15, 0.2) is 5.69 Å². The minimum Gasteiger partial charge on any atom is -0.473 e. The Labute approximate surface area is 198 Å². The van der Waals surface area contributed by atoms with Gasteiger partial charge in [0.05, 0.1) is 5.52 Å². The summed E-state index contributed by atoms with van der Waals surface area (Å²) in [5.41, 5.74) is 1.48. The average molecular weight is 476 g/mol. The lowest BCUT2D eigenvalue weighted by Gasteiger charge is -2.32. The van der Waals surface area contributed by atoms with E-state index in [0.29, 0.717) is 18.7 Å². The van der Waals surface area contributed by atoms with Crippen molar-refractivity contribution in [2.45, 2.75) is 52.1 Å². The fourth-order valence-electron chi connectivity index (χ4n) is 3.69. The van der Waals surface area contributed by atoms with E-state index in [-0.39, 0.29) is 23.9 Å². The maximum Gasteiger partial charge on any atom is 0.414 e. The minimum absolute atomic E-state index is 0.124. The number of para-hydroxylation sites is 1. The van der Waals surface area contributed by atoms with Crippen molar-refractivity contribution in [2.24, 2.45) is 0 Å². The number of aromatic nitrogens is 2. The second-order valence-electron chi connectivity index (χ2n) is 8.31. The summed E-state index contributed by atoms with van der Waals surface area (Å²) in [6.07, 6.45) is 2.46. The molecule has 1 aliphatic heterocycles. The van der Waals surface area contributed by atoms with E-state index < -0.39 is 11.9 Å². The number of amides is 2. The SMILES string of the molecule is CCC(=O)NC1CCN(CCNC(=O)c2nn(C(C)C)c3ccccc23)CC1.O=C(O)C(=O)O. The number of likely N-dealkylation sites (tertiary alicyclic amines) is 1. The summed E-state index contributed by atoms with van der Waals surface area (Å²) in [5, 5.41) is 26.3. The van der Waals surface area contributed by atoms with E-state index in [2.05, 4.69) is 34.5 Å². The molecule has 0 saturated carbocycles. The predicted molar refractivity (Wildman–Crippen MR) is 126 cm³/mol. The smallest absolute Gasteiger partial charge is 0.414 e. The molecular weight excluding hydrogens is 442 g/mol. The van der Waals surface area contributed by atoms with Crippen molar-refractivity contribution in [1.82, 2.24) is 25.3 Å². The third-order valence-electron chi connectivity index (χ3n) is 5.49. The van der Waals surface area contributed by atoms with Gasteiger partial charge in [-0.05, 0) is 32.8 Å². The van der Waals surface area contributed by atoms with Gasteiger partial charge in [-0.1, -0.05) is 25.1 Å². The molecular formula is C23H33N5O6. The Morgan fingerprint density at radius 2 is 1.71 bits per heavy atom. The molecule has 1 aromatic heterocycles. The molecule has 0 bridgehead atoms. The minimum atomic E-state index is -1.82. The molecule has 1 aliphatic rings. The molecule has 1 aromatic carbocycles. The Kier molecular flexibility index (Phi) is 9.99. The van der Waals surface area contributed by atoms with E-state index in [1.54, 1.807) is 0 Å². The molecule has 2 aromatic rings. The molecule has 3 rings (SSSR count). The highest BCUT2D eigenvalue weighted by molar-refractivity contribution is 6.27. The second kappa shape index (κ2) is 12.7. The lowest BCUT2D eigenvalue weighted by Crippen LogP contribution is -2.46. The number of hydrogen-bond acceptors (Lipinski definition) is 6. The van der Waals surface area contributed by atoms with Crippen molar-refractivity contribution >= 4 is 34.7 Å². The van der Waals surface area contributed by atoms with Gasteiger partial charge in [-0.3, -0.25) is 14.3 Å². The molecule has 4 N–H and O–H groups in total. The van der Waals surface area contributed by atoms with E-state index in [9.17, 15) is 9.59 Å². The standard InChI is InChI=1S/C21H31N5O2.C2H2O4/c1-4-19(27)23-16-9-12-25(13-10-16)14-11-22-21(28)20-17-7-5-6-8-18(17)26(24-20)15(2)3;3-1(4)2(5)6/h5-8,15-16H,4,9-14H2,1-3H3,(H,22,28)(H,23,27);(H,3,4)(H,5,6). The lowest BCUT2D eigenvalue weighted by molar-refractivity contribution is -0.159. The quantitative estimate of drug-likeness (QED) is 0.439. The van der Waals surface area contributed by atoms with E-state index in [4.69, 9.17) is 19.8 Å². The third-order valence-corrected chi connectivity index (χ3v) is 5.49. The van der Waals surface area contributed by atoms with Crippen LogP contribution in [-0.4, -0.2) is 80.9 Å². The molecule has 0 atom stereocenters. The normalized spacial score (nSPS) is 14.4. The number of carbonyl (C=O) groups excluding carboxylic acids is 2. The van der Waals surface area contributed by atoms with Crippen LogP contribution < -0.4 is 10.6 Å². The lowest BCUT2D eigenvalue weighted by atomic mass is 10.0. The number of fused-ring (bicyclic) bond motifs is 1. The van der Waals surface area contributed by atoms with Crippen LogP contribution in [0.25, 0.3) is 10.9 Å². The number of hydrogen-bond donors (Lipinski definition) is 4. The fraction of sp³-hybridized carbons (Fsp3) is 0.522. The molecule has 1 fully saturated rings. The van der Waals surface area contributed by atoms with Gasteiger partial charge < -0.3 is 25.7 Å². The fourth-order valence-corrected chi connectivity index (χ4v) is 3.69. The number of nitrogens with zero attached hydrogens (tertiary/aromatic N) is 3. The van der Waals surface area contributed by atoms with E-state index in [0.717, 1.165) is 43.4 Å². The monoisotopic (exact) mass is 475 g/mol. The average Bonchev–Trinajstić information content (AvgIpc) is 3.20. The van der Waals surface area contributed by atoms with Crippen LogP contribution in [0, 0.1) is 0 Å². The molecule has 2 heterocycles. The van der Waals surface area contributed by atoms with Crippen LogP contribution in [0.2, 0.25) is 0 Å². The van der Waals surface area contributed by atoms with Crippen LogP contribution in [0.3, 0.4) is 0 Å². The summed E-state index contributed by atoms with van der Waals surface area (Å²) in [6.45, 7) is 9.28. The molecule has 11 heteroatoms. The zero-order chi connectivity index (χ0) is 25.3. The Morgan fingerprint density at radius 3 is 2.26 bits per heavy atom. The summed E-state index contributed by atoms with van der Waals surface area (Å²) < 4.78 is 1.90. The Morgan fingerprint density at radius 1 is 1.09 bits per heavy atom. The van der Waals surface area contributed by atoms with Crippen molar-refractivity contribution < 1.29 is 29.4 Å². The number of benzene rings is 1. The number of carboxylic acids is 2. The number of rotatable bonds is 7. The van der Waals surface area contributed by atoms with Crippen LogP contribution in [0.5, 0.6) is 0 Å². The van der Waals surface area contributed by atoms with Crippen LogP contribution in [0.4, 0.5) is 0 Å². The van der Waals surface area contributed by atoms with Gasteiger partial charge in [0.2, 0.25) is 5.91 Å². The van der Waals surface area contributed by atoms with Crippen molar-refractivity contribution in [1.29, 1.82) is 0 Å². The maximum atomic E-state index is 12.7. The Balaban J connectivity index is 0.000000604. The largest absolute Gasteiger partial charge is 0.473 e. The molecule has 0 aliphatic carbocycles. The summed E-state index contributed by atoms with van der Waals surface area (Å²) in [7, 11) is 0. The number of aliphatic carboxylic acids is 2.